The lowest BCUT2D eigenvalue weighted by Gasteiger charge is -2.29. The molecule has 0 saturated heterocycles. The molecule has 2 aliphatic rings. The number of hydrogen-bond donors (Lipinski definition) is 2. The Hall–Kier alpha value is -1.02. The van der Waals surface area contributed by atoms with Gasteiger partial charge in [-0.05, 0) is 67.7 Å². The molecule has 3 rings (SSSR count). The molecular weight excluding hydrogens is 222 g/mol. The molecule has 2 N–H and O–H groups in total. The number of fused-ring (bicyclic) bond motifs is 1. The van der Waals surface area contributed by atoms with E-state index in [1.165, 1.54) is 43.2 Å². The maximum absolute atomic E-state index is 9.57. The molecule has 0 aromatic heterocycles. The molecule has 2 nitrogen and oxygen atoms in total. The summed E-state index contributed by atoms with van der Waals surface area (Å²) in [7, 11) is 0. The van der Waals surface area contributed by atoms with Gasteiger partial charge in [-0.2, -0.15) is 0 Å². The lowest BCUT2D eigenvalue weighted by Crippen LogP contribution is -2.33. The summed E-state index contributed by atoms with van der Waals surface area (Å²) in [5.74, 6) is 1.29. The van der Waals surface area contributed by atoms with Gasteiger partial charge in [-0.1, -0.05) is 13.0 Å². The fourth-order valence-corrected chi connectivity index (χ4v) is 3.62. The number of nitrogens with one attached hydrogen (secondary N) is 1. The van der Waals surface area contributed by atoms with Crippen molar-refractivity contribution in [3.05, 3.63) is 29.3 Å². The number of aromatic hydroxyl groups is 1. The number of phenolic OH excluding ortho intramolecular Hbond substituents is 1. The monoisotopic (exact) mass is 245 g/mol. The molecule has 2 heteroatoms. The second kappa shape index (κ2) is 4.93. The Balaban J connectivity index is 1.75. The van der Waals surface area contributed by atoms with Gasteiger partial charge >= 0.3 is 0 Å². The molecule has 1 saturated carbocycles. The number of rotatable bonds is 2. The molecule has 1 aromatic rings. The van der Waals surface area contributed by atoms with Crippen LogP contribution in [0.5, 0.6) is 5.75 Å². The van der Waals surface area contributed by atoms with Crippen LogP contribution in [0.4, 0.5) is 0 Å². The molecule has 0 spiro atoms. The van der Waals surface area contributed by atoms with Crippen LogP contribution in [0.3, 0.4) is 0 Å². The summed E-state index contributed by atoms with van der Waals surface area (Å²) < 4.78 is 0. The minimum atomic E-state index is 0.406. The Morgan fingerprint density at radius 2 is 2.11 bits per heavy atom. The summed E-state index contributed by atoms with van der Waals surface area (Å²) in [6, 6.07) is 7.09. The number of hydrogen-bond acceptors (Lipinski definition) is 2. The summed E-state index contributed by atoms with van der Waals surface area (Å²) in [4.78, 5) is 0. The highest BCUT2D eigenvalue weighted by Gasteiger charge is 2.26. The zero-order chi connectivity index (χ0) is 12.5. The van der Waals surface area contributed by atoms with E-state index in [1.807, 2.05) is 12.1 Å². The van der Waals surface area contributed by atoms with Gasteiger partial charge in [0.1, 0.15) is 5.75 Å². The maximum atomic E-state index is 9.57. The van der Waals surface area contributed by atoms with Crippen LogP contribution in [0.15, 0.2) is 18.2 Å². The molecule has 98 valence electrons. The number of aryl methyl sites for hydroxylation is 1. The van der Waals surface area contributed by atoms with Gasteiger partial charge in [0.15, 0.2) is 0 Å². The molecule has 18 heavy (non-hydrogen) atoms. The van der Waals surface area contributed by atoms with Crippen LogP contribution in [0.2, 0.25) is 0 Å². The van der Waals surface area contributed by atoms with Gasteiger partial charge in [0.25, 0.3) is 0 Å². The minimum Gasteiger partial charge on any atom is -0.508 e. The average Bonchev–Trinajstić information content (AvgIpc) is 2.75. The van der Waals surface area contributed by atoms with Crippen molar-refractivity contribution in [1.82, 2.24) is 5.32 Å². The lowest BCUT2D eigenvalue weighted by molar-refractivity contribution is 0.389. The normalized spacial score (nSPS) is 31.3. The van der Waals surface area contributed by atoms with Crippen molar-refractivity contribution in [2.24, 2.45) is 5.92 Å². The van der Waals surface area contributed by atoms with E-state index in [1.54, 1.807) is 0 Å². The highest BCUT2D eigenvalue weighted by Crippen LogP contribution is 2.34. The summed E-state index contributed by atoms with van der Waals surface area (Å²) in [6.45, 7) is 2.36. The quantitative estimate of drug-likeness (QED) is 0.835. The molecule has 1 aromatic carbocycles. The van der Waals surface area contributed by atoms with Crippen LogP contribution in [0.25, 0.3) is 0 Å². The largest absolute Gasteiger partial charge is 0.508 e. The fraction of sp³-hybridized carbons (Fsp3) is 0.625. The van der Waals surface area contributed by atoms with E-state index in [0.29, 0.717) is 17.8 Å². The van der Waals surface area contributed by atoms with Crippen molar-refractivity contribution in [1.29, 1.82) is 0 Å². The summed E-state index contributed by atoms with van der Waals surface area (Å²) in [6.07, 6.45) is 7.60. The summed E-state index contributed by atoms with van der Waals surface area (Å²) in [5.41, 5.74) is 2.75. The Labute approximate surface area is 109 Å². The van der Waals surface area contributed by atoms with E-state index in [9.17, 15) is 5.11 Å². The van der Waals surface area contributed by atoms with Crippen LogP contribution in [0.1, 0.15) is 56.2 Å². The van der Waals surface area contributed by atoms with Crippen LogP contribution in [0, 0.1) is 5.92 Å². The molecule has 0 radical (unpaired) electrons. The Morgan fingerprint density at radius 3 is 2.89 bits per heavy atom. The molecule has 0 bridgehead atoms. The minimum absolute atomic E-state index is 0.406. The first-order valence-electron chi connectivity index (χ1n) is 7.30. The van der Waals surface area contributed by atoms with Gasteiger partial charge in [-0.25, -0.2) is 0 Å². The van der Waals surface area contributed by atoms with Crippen LogP contribution in [-0.2, 0) is 6.42 Å². The van der Waals surface area contributed by atoms with Crippen LogP contribution in [-0.4, -0.2) is 11.1 Å². The predicted octanol–water partition coefficient (Wildman–Crippen LogP) is 3.55. The SMILES string of the molecule is CC1CCC(NC2CCCc3cc(O)ccc32)C1. The van der Waals surface area contributed by atoms with Crippen LogP contribution >= 0.6 is 0 Å². The molecule has 0 amide bonds. The summed E-state index contributed by atoms with van der Waals surface area (Å²) >= 11 is 0. The molecule has 1 fully saturated rings. The second-order valence-electron chi connectivity index (χ2n) is 6.11. The van der Waals surface area contributed by atoms with Gasteiger partial charge < -0.3 is 10.4 Å². The van der Waals surface area contributed by atoms with Crippen molar-refractivity contribution in [3.8, 4) is 5.75 Å². The van der Waals surface area contributed by atoms with E-state index < -0.39 is 0 Å². The van der Waals surface area contributed by atoms with Crippen molar-refractivity contribution >= 4 is 0 Å². The van der Waals surface area contributed by atoms with E-state index in [-0.39, 0.29) is 0 Å². The first kappa shape index (κ1) is 12.0. The maximum Gasteiger partial charge on any atom is 0.115 e. The molecule has 2 aliphatic carbocycles. The molecule has 3 atom stereocenters. The molecule has 0 heterocycles. The lowest BCUT2D eigenvalue weighted by atomic mass is 9.87. The van der Waals surface area contributed by atoms with Crippen molar-refractivity contribution in [2.75, 3.05) is 0 Å². The van der Waals surface area contributed by atoms with Gasteiger partial charge in [-0.15, -0.1) is 0 Å². The van der Waals surface area contributed by atoms with E-state index in [4.69, 9.17) is 0 Å². The third kappa shape index (κ3) is 2.39. The fourth-order valence-electron chi connectivity index (χ4n) is 3.62. The van der Waals surface area contributed by atoms with Crippen LogP contribution < -0.4 is 5.32 Å². The topological polar surface area (TPSA) is 32.3 Å². The highest BCUT2D eigenvalue weighted by atomic mass is 16.3. The Kier molecular flexibility index (Phi) is 3.29. The zero-order valence-corrected chi connectivity index (χ0v) is 11.2. The Morgan fingerprint density at radius 1 is 1.22 bits per heavy atom. The van der Waals surface area contributed by atoms with Crippen molar-refractivity contribution in [2.45, 2.75) is 57.5 Å². The zero-order valence-electron chi connectivity index (χ0n) is 11.2. The van der Waals surface area contributed by atoms with Gasteiger partial charge in [0, 0.05) is 12.1 Å². The number of phenols is 1. The predicted molar refractivity (Wildman–Crippen MR) is 73.7 cm³/mol. The standard InChI is InChI=1S/C16H23NO/c1-11-5-6-13(9-11)17-16-4-2-3-12-10-14(18)7-8-15(12)16/h7-8,10-11,13,16-18H,2-6,9H2,1H3. The number of benzene rings is 1. The van der Waals surface area contributed by atoms with E-state index >= 15 is 0 Å². The summed E-state index contributed by atoms with van der Waals surface area (Å²) in [5, 5.41) is 13.4. The van der Waals surface area contributed by atoms with Crippen molar-refractivity contribution < 1.29 is 5.11 Å². The molecule has 3 unspecified atom stereocenters. The first-order valence-corrected chi connectivity index (χ1v) is 7.30. The molecular formula is C16H23NO. The second-order valence-corrected chi connectivity index (χ2v) is 6.11. The van der Waals surface area contributed by atoms with Gasteiger partial charge in [0.2, 0.25) is 0 Å². The molecule has 0 aliphatic heterocycles. The third-order valence-corrected chi connectivity index (χ3v) is 4.57. The first-order chi connectivity index (χ1) is 8.72. The van der Waals surface area contributed by atoms with Crippen molar-refractivity contribution in [3.63, 3.8) is 0 Å². The average molecular weight is 245 g/mol. The Bertz CT molecular complexity index is 429. The van der Waals surface area contributed by atoms with Gasteiger partial charge in [-0.3, -0.25) is 0 Å². The highest BCUT2D eigenvalue weighted by molar-refractivity contribution is 5.38. The van der Waals surface area contributed by atoms with E-state index in [0.717, 1.165) is 12.3 Å². The third-order valence-electron chi connectivity index (χ3n) is 4.57. The van der Waals surface area contributed by atoms with E-state index in [2.05, 4.69) is 18.3 Å². The smallest absolute Gasteiger partial charge is 0.115 e. The van der Waals surface area contributed by atoms with Gasteiger partial charge in [0.05, 0.1) is 0 Å².